The van der Waals surface area contributed by atoms with E-state index in [2.05, 4.69) is 49.9 Å². The van der Waals surface area contributed by atoms with Gasteiger partial charge in [0.25, 0.3) is 0 Å². The quantitative estimate of drug-likeness (QED) is 0.876. The van der Waals surface area contributed by atoms with Crippen LogP contribution in [0, 0.1) is 6.92 Å². The van der Waals surface area contributed by atoms with E-state index in [0.717, 1.165) is 43.8 Å². The Hall–Kier alpha value is -1.61. The molecule has 0 aliphatic heterocycles. The van der Waals surface area contributed by atoms with E-state index in [9.17, 15) is 0 Å². The van der Waals surface area contributed by atoms with Crippen LogP contribution >= 0.6 is 0 Å². The van der Waals surface area contributed by atoms with Gasteiger partial charge in [0.1, 0.15) is 5.82 Å². The molecule has 2 N–H and O–H groups in total. The number of nitrogens with zero attached hydrogens (tertiary/aromatic N) is 2. The van der Waals surface area contributed by atoms with Gasteiger partial charge in [-0.1, -0.05) is 11.6 Å². The normalized spacial score (nSPS) is 11.0. The van der Waals surface area contributed by atoms with Crippen LogP contribution in [-0.2, 0) is 6.42 Å². The van der Waals surface area contributed by atoms with E-state index < -0.39 is 0 Å². The number of hydrogen-bond donors (Lipinski definition) is 1. The molecule has 0 radical (unpaired) electrons. The van der Waals surface area contributed by atoms with Crippen molar-refractivity contribution in [3.8, 4) is 0 Å². The molecule has 1 aromatic heterocycles. The van der Waals surface area contributed by atoms with E-state index in [-0.39, 0.29) is 0 Å². The summed E-state index contributed by atoms with van der Waals surface area (Å²) < 4.78 is 0. The van der Waals surface area contributed by atoms with Crippen LogP contribution in [-0.4, -0.2) is 24.6 Å². The fourth-order valence-electron chi connectivity index (χ4n) is 2.60. The van der Waals surface area contributed by atoms with E-state index in [4.69, 9.17) is 10.7 Å². The molecule has 0 saturated carbocycles. The predicted molar refractivity (Wildman–Crippen MR) is 87.4 cm³/mol. The zero-order valence-corrected chi connectivity index (χ0v) is 12.8. The molecule has 3 heteroatoms. The van der Waals surface area contributed by atoms with Crippen molar-refractivity contribution in [1.82, 2.24) is 4.98 Å². The fourth-order valence-corrected chi connectivity index (χ4v) is 2.60. The number of rotatable bonds is 6. The molecule has 20 heavy (non-hydrogen) atoms. The van der Waals surface area contributed by atoms with Gasteiger partial charge in [0.05, 0.1) is 5.52 Å². The number of aromatic nitrogens is 1. The minimum Gasteiger partial charge on any atom is -0.357 e. The summed E-state index contributed by atoms with van der Waals surface area (Å²) in [5.74, 6) is 1.12. The Morgan fingerprint density at radius 3 is 2.55 bits per heavy atom. The van der Waals surface area contributed by atoms with Crippen LogP contribution in [0.5, 0.6) is 0 Å². The third-order valence-electron chi connectivity index (χ3n) is 3.74. The number of benzene rings is 1. The van der Waals surface area contributed by atoms with Crippen LogP contribution in [0.2, 0.25) is 0 Å². The Kier molecular flexibility index (Phi) is 4.96. The smallest absolute Gasteiger partial charge is 0.132 e. The van der Waals surface area contributed by atoms with Gasteiger partial charge in [0, 0.05) is 18.5 Å². The molecule has 0 aliphatic rings. The van der Waals surface area contributed by atoms with Crippen LogP contribution in [0.25, 0.3) is 10.9 Å². The Bertz CT molecular complexity index is 574. The number of pyridine rings is 1. The zero-order chi connectivity index (χ0) is 14.5. The topological polar surface area (TPSA) is 42.2 Å². The van der Waals surface area contributed by atoms with E-state index in [1.54, 1.807) is 0 Å². The molecular weight excluding hydrogens is 246 g/mol. The summed E-state index contributed by atoms with van der Waals surface area (Å²) >= 11 is 0. The van der Waals surface area contributed by atoms with Gasteiger partial charge < -0.3 is 10.6 Å². The van der Waals surface area contributed by atoms with Gasteiger partial charge in [-0.25, -0.2) is 4.98 Å². The van der Waals surface area contributed by atoms with E-state index in [1.807, 2.05) is 0 Å². The first-order valence-electron chi connectivity index (χ1n) is 7.54. The van der Waals surface area contributed by atoms with E-state index >= 15 is 0 Å². The average molecular weight is 271 g/mol. The highest BCUT2D eigenvalue weighted by Gasteiger charge is 2.11. The van der Waals surface area contributed by atoms with Gasteiger partial charge >= 0.3 is 0 Å². The minimum absolute atomic E-state index is 0.726. The maximum Gasteiger partial charge on any atom is 0.132 e. The highest BCUT2D eigenvalue weighted by Crippen LogP contribution is 2.25. The highest BCUT2D eigenvalue weighted by atomic mass is 15.2. The second kappa shape index (κ2) is 6.71. The summed E-state index contributed by atoms with van der Waals surface area (Å²) in [7, 11) is 0. The molecule has 0 fully saturated rings. The SMILES string of the molecule is CCN(CC)c1nc2ccc(C)cc2cc1CCCN. The van der Waals surface area contributed by atoms with Crippen LogP contribution in [0.15, 0.2) is 24.3 Å². The van der Waals surface area contributed by atoms with E-state index in [0.29, 0.717) is 0 Å². The summed E-state index contributed by atoms with van der Waals surface area (Å²) in [6, 6.07) is 8.74. The molecule has 0 unspecified atom stereocenters. The number of nitrogens with two attached hydrogens (primary N) is 1. The van der Waals surface area contributed by atoms with Crippen molar-refractivity contribution < 1.29 is 0 Å². The van der Waals surface area contributed by atoms with Crippen LogP contribution < -0.4 is 10.6 Å². The Morgan fingerprint density at radius 1 is 1.15 bits per heavy atom. The summed E-state index contributed by atoms with van der Waals surface area (Å²) in [6.07, 6.45) is 2.01. The van der Waals surface area contributed by atoms with Crippen molar-refractivity contribution in [2.24, 2.45) is 5.73 Å². The minimum atomic E-state index is 0.726. The number of aryl methyl sites for hydroxylation is 2. The highest BCUT2D eigenvalue weighted by molar-refractivity contribution is 5.82. The second-order valence-electron chi connectivity index (χ2n) is 5.23. The van der Waals surface area contributed by atoms with Gasteiger partial charge in [-0.3, -0.25) is 0 Å². The monoisotopic (exact) mass is 271 g/mol. The molecule has 2 rings (SSSR count). The Balaban J connectivity index is 2.53. The second-order valence-corrected chi connectivity index (χ2v) is 5.23. The van der Waals surface area contributed by atoms with Gasteiger partial charge in [0.15, 0.2) is 0 Å². The predicted octanol–water partition coefficient (Wildman–Crippen LogP) is 3.28. The molecule has 1 heterocycles. The van der Waals surface area contributed by atoms with E-state index in [1.165, 1.54) is 16.5 Å². The Labute approximate surface area is 121 Å². The summed E-state index contributed by atoms with van der Waals surface area (Å²) in [4.78, 5) is 7.22. The van der Waals surface area contributed by atoms with Crippen LogP contribution in [0.1, 0.15) is 31.4 Å². The zero-order valence-electron chi connectivity index (χ0n) is 12.8. The molecule has 0 atom stereocenters. The van der Waals surface area contributed by atoms with Gasteiger partial charge in [-0.15, -0.1) is 0 Å². The van der Waals surface area contributed by atoms with Crippen molar-refractivity contribution in [2.45, 2.75) is 33.6 Å². The van der Waals surface area contributed by atoms with Crippen molar-refractivity contribution in [1.29, 1.82) is 0 Å². The lowest BCUT2D eigenvalue weighted by molar-refractivity contribution is 0.800. The molecule has 0 bridgehead atoms. The lowest BCUT2D eigenvalue weighted by Gasteiger charge is -2.23. The average Bonchev–Trinajstić information content (AvgIpc) is 2.46. The molecule has 0 spiro atoms. The maximum atomic E-state index is 5.67. The number of fused-ring (bicyclic) bond motifs is 1. The van der Waals surface area contributed by atoms with Crippen molar-refractivity contribution in [3.05, 3.63) is 35.4 Å². The third-order valence-corrected chi connectivity index (χ3v) is 3.74. The van der Waals surface area contributed by atoms with Crippen molar-refractivity contribution in [3.63, 3.8) is 0 Å². The van der Waals surface area contributed by atoms with Crippen molar-refractivity contribution in [2.75, 3.05) is 24.5 Å². The fraction of sp³-hybridized carbons (Fsp3) is 0.471. The summed E-state index contributed by atoms with van der Waals surface area (Å²) in [6.45, 7) is 9.17. The molecule has 108 valence electrons. The van der Waals surface area contributed by atoms with Gasteiger partial charge in [-0.05, 0) is 63.9 Å². The number of hydrogen-bond acceptors (Lipinski definition) is 3. The largest absolute Gasteiger partial charge is 0.357 e. The number of anilines is 1. The first-order chi connectivity index (χ1) is 9.69. The molecular formula is C17H25N3. The molecule has 0 amide bonds. The van der Waals surface area contributed by atoms with Gasteiger partial charge in [-0.2, -0.15) is 0 Å². The summed E-state index contributed by atoms with van der Waals surface area (Å²) in [5.41, 5.74) is 9.34. The van der Waals surface area contributed by atoms with Crippen LogP contribution in [0.3, 0.4) is 0 Å². The lowest BCUT2D eigenvalue weighted by atomic mass is 10.1. The molecule has 3 nitrogen and oxygen atoms in total. The first kappa shape index (κ1) is 14.8. The molecule has 0 saturated heterocycles. The Morgan fingerprint density at radius 2 is 1.90 bits per heavy atom. The lowest BCUT2D eigenvalue weighted by Crippen LogP contribution is -2.24. The van der Waals surface area contributed by atoms with Crippen molar-refractivity contribution >= 4 is 16.7 Å². The standard InChI is InChI=1S/C17H25N3/c1-4-20(5-2)17-14(7-6-10-18)12-15-11-13(3)8-9-16(15)19-17/h8-9,11-12H,4-7,10,18H2,1-3H3. The summed E-state index contributed by atoms with van der Waals surface area (Å²) in [5, 5.41) is 1.23. The third kappa shape index (κ3) is 3.10. The molecule has 0 aliphatic carbocycles. The van der Waals surface area contributed by atoms with Crippen LogP contribution in [0.4, 0.5) is 5.82 Å². The molecule has 1 aromatic carbocycles. The van der Waals surface area contributed by atoms with Gasteiger partial charge in [0.2, 0.25) is 0 Å². The molecule has 2 aromatic rings. The maximum absolute atomic E-state index is 5.67. The first-order valence-corrected chi connectivity index (χ1v) is 7.54.